The zero-order valence-corrected chi connectivity index (χ0v) is 22.4. The number of halogens is 4. The van der Waals surface area contributed by atoms with Crippen LogP contribution in [-0.2, 0) is 27.4 Å². The van der Waals surface area contributed by atoms with Crippen LogP contribution in [0.1, 0.15) is 45.5 Å². The molecule has 1 spiro atoms. The molecule has 0 aliphatic carbocycles. The van der Waals surface area contributed by atoms with Crippen LogP contribution in [0.4, 0.5) is 17.6 Å². The standard InChI is InChI=1S/C26H28F4N4O4S/c1-16-14-18(23(35)33(2)3)5-4-17(16)8-13-39(37,38)34-11-9-25(10-12-34)24(36)31-22(32-25)20-7-6-19(15-21(20)27)26(28,29)30/h4-7,14-15H,8-13H2,1-3H3,(H,31,32,36). The van der Waals surface area contributed by atoms with Gasteiger partial charge in [-0.2, -0.15) is 13.2 Å². The number of hydrogen-bond acceptors (Lipinski definition) is 5. The second kappa shape index (κ2) is 10.3. The third kappa shape index (κ3) is 5.83. The molecule has 2 heterocycles. The molecule has 2 aliphatic rings. The van der Waals surface area contributed by atoms with E-state index >= 15 is 0 Å². The molecule has 0 radical (unpaired) electrons. The number of aryl methyl sites for hydroxylation is 2. The van der Waals surface area contributed by atoms with E-state index in [1.807, 2.05) is 6.92 Å². The van der Waals surface area contributed by atoms with Crippen LogP contribution in [0.5, 0.6) is 0 Å². The molecule has 2 amide bonds. The van der Waals surface area contributed by atoms with Crippen LogP contribution in [0.15, 0.2) is 41.4 Å². The maximum Gasteiger partial charge on any atom is 0.416 e. The van der Waals surface area contributed by atoms with Crippen molar-refractivity contribution >= 4 is 27.7 Å². The molecule has 0 atom stereocenters. The first-order valence-electron chi connectivity index (χ1n) is 12.2. The number of amidine groups is 1. The van der Waals surface area contributed by atoms with Gasteiger partial charge in [0.05, 0.1) is 16.9 Å². The van der Waals surface area contributed by atoms with E-state index in [-0.39, 0.29) is 55.4 Å². The number of carbonyl (C=O) groups is 2. The molecule has 4 rings (SSSR count). The van der Waals surface area contributed by atoms with Crippen molar-refractivity contribution in [2.45, 2.75) is 37.9 Å². The molecule has 2 aromatic carbocycles. The van der Waals surface area contributed by atoms with Crippen molar-refractivity contribution in [3.05, 3.63) is 70.0 Å². The van der Waals surface area contributed by atoms with Crippen molar-refractivity contribution in [1.82, 2.24) is 14.5 Å². The Morgan fingerprint density at radius 3 is 2.36 bits per heavy atom. The Labute approximate surface area is 223 Å². The molecule has 210 valence electrons. The number of rotatable bonds is 6. The maximum atomic E-state index is 14.4. The first-order valence-corrected chi connectivity index (χ1v) is 13.8. The normalized spacial score (nSPS) is 17.7. The van der Waals surface area contributed by atoms with E-state index in [1.54, 1.807) is 32.3 Å². The molecule has 2 aromatic rings. The van der Waals surface area contributed by atoms with Gasteiger partial charge in [-0.15, -0.1) is 0 Å². The van der Waals surface area contributed by atoms with Gasteiger partial charge in [-0.05, 0) is 67.6 Å². The minimum Gasteiger partial charge on any atom is -0.345 e. The second-order valence-electron chi connectivity index (χ2n) is 9.94. The Kier molecular flexibility index (Phi) is 7.60. The van der Waals surface area contributed by atoms with E-state index < -0.39 is 39.0 Å². The lowest BCUT2D eigenvalue weighted by molar-refractivity contribution is -0.137. The Balaban J connectivity index is 1.42. The second-order valence-corrected chi connectivity index (χ2v) is 12.0. The fourth-order valence-corrected chi connectivity index (χ4v) is 6.21. The fraction of sp³-hybridized carbons (Fsp3) is 0.423. The summed E-state index contributed by atoms with van der Waals surface area (Å²) >= 11 is 0. The summed E-state index contributed by atoms with van der Waals surface area (Å²) in [6, 6.07) is 7.10. The summed E-state index contributed by atoms with van der Waals surface area (Å²) in [6.07, 6.45) is -4.39. The molecule has 1 fully saturated rings. The van der Waals surface area contributed by atoms with E-state index in [0.29, 0.717) is 17.7 Å². The number of aliphatic imine (C=N–C) groups is 1. The van der Waals surface area contributed by atoms with Gasteiger partial charge in [-0.1, -0.05) is 6.07 Å². The Morgan fingerprint density at radius 2 is 1.79 bits per heavy atom. The topological polar surface area (TPSA) is 99.2 Å². The quantitative estimate of drug-likeness (QED) is 0.542. The summed E-state index contributed by atoms with van der Waals surface area (Å²) in [5, 5.41) is 2.45. The predicted octanol–water partition coefficient (Wildman–Crippen LogP) is 3.14. The van der Waals surface area contributed by atoms with Gasteiger partial charge >= 0.3 is 6.18 Å². The van der Waals surface area contributed by atoms with Gasteiger partial charge in [0, 0.05) is 32.7 Å². The van der Waals surface area contributed by atoms with Crippen LogP contribution in [0.2, 0.25) is 0 Å². The third-order valence-electron chi connectivity index (χ3n) is 7.10. The lowest BCUT2D eigenvalue weighted by Crippen LogP contribution is -2.50. The van der Waals surface area contributed by atoms with Crippen LogP contribution >= 0.6 is 0 Å². The molecule has 13 heteroatoms. The number of piperidine rings is 1. The Morgan fingerprint density at radius 1 is 1.13 bits per heavy atom. The Bertz CT molecular complexity index is 1450. The number of hydrogen-bond donors (Lipinski definition) is 1. The largest absolute Gasteiger partial charge is 0.416 e. The predicted molar refractivity (Wildman–Crippen MR) is 136 cm³/mol. The number of amides is 2. The van der Waals surface area contributed by atoms with Crippen molar-refractivity contribution in [2.75, 3.05) is 32.9 Å². The first-order chi connectivity index (χ1) is 18.1. The number of sulfonamides is 1. The van der Waals surface area contributed by atoms with E-state index in [2.05, 4.69) is 10.3 Å². The van der Waals surface area contributed by atoms with Crippen LogP contribution < -0.4 is 5.32 Å². The number of carbonyl (C=O) groups excluding carboxylic acids is 2. The lowest BCUT2D eigenvalue weighted by Gasteiger charge is -2.34. The zero-order chi connectivity index (χ0) is 28.8. The average molecular weight is 569 g/mol. The summed E-state index contributed by atoms with van der Waals surface area (Å²) in [5.74, 6) is -2.21. The van der Waals surface area contributed by atoms with E-state index in [1.165, 1.54) is 9.21 Å². The minimum absolute atomic E-state index is 0.0112. The van der Waals surface area contributed by atoms with Crippen LogP contribution in [0.25, 0.3) is 0 Å². The lowest BCUT2D eigenvalue weighted by atomic mass is 9.89. The highest BCUT2D eigenvalue weighted by molar-refractivity contribution is 7.89. The smallest absolute Gasteiger partial charge is 0.345 e. The number of nitrogens with one attached hydrogen (secondary N) is 1. The molecule has 8 nitrogen and oxygen atoms in total. The fourth-order valence-electron chi connectivity index (χ4n) is 4.74. The van der Waals surface area contributed by atoms with Crippen LogP contribution in [0, 0.1) is 12.7 Å². The summed E-state index contributed by atoms with van der Waals surface area (Å²) in [4.78, 5) is 30.7. The highest BCUT2D eigenvalue weighted by Crippen LogP contribution is 2.34. The summed E-state index contributed by atoms with van der Waals surface area (Å²) in [5.41, 5.74) is -0.633. The molecular formula is C26H28F4N4O4S. The molecular weight excluding hydrogens is 540 g/mol. The Hall–Kier alpha value is -3.32. The highest BCUT2D eigenvalue weighted by Gasteiger charge is 2.48. The average Bonchev–Trinajstić information content (AvgIpc) is 3.17. The first kappa shape index (κ1) is 28.7. The summed E-state index contributed by atoms with van der Waals surface area (Å²) in [7, 11) is -0.385. The maximum absolute atomic E-state index is 14.4. The molecule has 0 unspecified atom stereocenters. The molecule has 0 saturated carbocycles. The van der Waals surface area contributed by atoms with Crippen molar-refractivity contribution in [1.29, 1.82) is 0 Å². The molecule has 39 heavy (non-hydrogen) atoms. The van der Waals surface area contributed by atoms with E-state index in [0.717, 1.165) is 17.2 Å². The zero-order valence-electron chi connectivity index (χ0n) is 21.6. The van der Waals surface area contributed by atoms with Crippen LogP contribution in [-0.4, -0.2) is 73.7 Å². The SMILES string of the molecule is Cc1cc(C(=O)N(C)C)ccc1CCS(=O)(=O)N1CCC2(CC1)N=C(c1ccc(C(F)(F)F)cc1F)NC2=O. The number of alkyl halides is 3. The summed E-state index contributed by atoms with van der Waals surface area (Å²) in [6.45, 7) is 1.83. The number of nitrogens with zero attached hydrogens (tertiary/aromatic N) is 3. The van der Waals surface area contributed by atoms with Gasteiger partial charge in [-0.3, -0.25) is 14.6 Å². The molecule has 0 aromatic heterocycles. The van der Waals surface area contributed by atoms with Crippen molar-refractivity contribution < 1.29 is 35.6 Å². The number of benzene rings is 2. The molecule has 0 bridgehead atoms. The highest BCUT2D eigenvalue weighted by atomic mass is 32.2. The van der Waals surface area contributed by atoms with E-state index in [9.17, 15) is 35.6 Å². The van der Waals surface area contributed by atoms with Crippen LogP contribution in [0.3, 0.4) is 0 Å². The third-order valence-corrected chi connectivity index (χ3v) is 8.97. The van der Waals surface area contributed by atoms with Crippen molar-refractivity contribution in [3.63, 3.8) is 0 Å². The van der Waals surface area contributed by atoms with Gasteiger partial charge in [0.15, 0.2) is 0 Å². The van der Waals surface area contributed by atoms with Gasteiger partial charge in [0.25, 0.3) is 11.8 Å². The van der Waals surface area contributed by atoms with Gasteiger partial charge in [0.2, 0.25) is 10.0 Å². The van der Waals surface area contributed by atoms with E-state index in [4.69, 9.17) is 0 Å². The molecule has 2 aliphatic heterocycles. The minimum atomic E-state index is -4.72. The van der Waals surface area contributed by atoms with Gasteiger partial charge in [0.1, 0.15) is 17.2 Å². The van der Waals surface area contributed by atoms with Crippen molar-refractivity contribution in [3.8, 4) is 0 Å². The monoisotopic (exact) mass is 568 g/mol. The van der Waals surface area contributed by atoms with Crippen molar-refractivity contribution in [2.24, 2.45) is 4.99 Å². The van der Waals surface area contributed by atoms with Gasteiger partial charge in [-0.25, -0.2) is 17.1 Å². The van der Waals surface area contributed by atoms with Gasteiger partial charge < -0.3 is 10.2 Å². The molecule has 1 N–H and O–H groups in total. The summed E-state index contributed by atoms with van der Waals surface area (Å²) < 4.78 is 80.4. The molecule has 1 saturated heterocycles.